The summed E-state index contributed by atoms with van der Waals surface area (Å²) in [6.45, 7) is 0. The van der Waals surface area contributed by atoms with Gasteiger partial charge in [-0.2, -0.15) is 0 Å². The van der Waals surface area contributed by atoms with E-state index in [9.17, 15) is 0 Å². The van der Waals surface area contributed by atoms with E-state index in [0.717, 1.165) is 38.7 Å². The van der Waals surface area contributed by atoms with E-state index in [4.69, 9.17) is 15.0 Å². The number of rotatable bonds is 5. The number of thiophene rings is 1. The third kappa shape index (κ3) is 5.23. The Bertz CT molecular complexity index is 2920. The van der Waals surface area contributed by atoms with Crippen molar-refractivity contribution in [3.05, 3.63) is 170 Å². The van der Waals surface area contributed by atoms with E-state index < -0.39 is 0 Å². The van der Waals surface area contributed by atoms with Crippen LogP contribution < -0.4 is 0 Å². The SMILES string of the molecule is c1ccc(-c2cccc(-c3nc(-c4ccccc4)nc(-c4ccc5c(-c6ccc7ccc8c9ncccc9sc8c7c6)cccc5c4)n3)c2)cc1. The van der Waals surface area contributed by atoms with Crippen LogP contribution in [0.1, 0.15) is 0 Å². The van der Waals surface area contributed by atoms with Crippen LogP contribution in [0.25, 0.3) is 98.3 Å². The van der Waals surface area contributed by atoms with Crippen molar-refractivity contribution >= 4 is 53.2 Å². The molecule has 238 valence electrons. The van der Waals surface area contributed by atoms with Crippen LogP contribution in [0, 0.1) is 0 Å². The Hall–Kier alpha value is -6.56. The molecule has 10 aromatic rings. The zero-order chi connectivity index (χ0) is 33.7. The highest BCUT2D eigenvalue weighted by molar-refractivity contribution is 7.26. The smallest absolute Gasteiger partial charge is 0.164 e. The van der Waals surface area contributed by atoms with E-state index in [1.54, 1.807) is 0 Å². The van der Waals surface area contributed by atoms with E-state index in [0.29, 0.717) is 17.5 Å². The van der Waals surface area contributed by atoms with Crippen LogP contribution >= 0.6 is 11.3 Å². The van der Waals surface area contributed by atoms with E-state index in [1.165, 1.54) is 42.1 Å². The lowest BCUT2D eigenvalue weighted by Gasteiger charge is -2.12. The molecule has 0 saturated carbocycles. The first-order valence-corrected chi connectivity index (χ1v) is 17.8. The first kappa shape index (κ1) is 29.4. The summed E-state index contributed by atoms with van der Waals surface area (Å²) in [5.41, 5.74) is 8.56. The number of hydrogen-bond acceptors (Lipinski definition) is 5. The Morgan fingerprint density at radius 2 is 1.02 bits per heavy atom. The standard InChI is InChI=1S/C46H28N4S/c1-3-10-29(11-4-1)32-14-7-16-35(26-32)45-48-44(31-12-5-2-6-13-31)49-46(50-45)36-22-23-38-33(27-36)15-8-17-37(38)34-20-19-30-21-24-39-42-41(18-9-25-47-42)51-43(39)40(30)28-34/h1-28H. The molecule has 4 nitrogen and oxygen atoms in total. The normalized spacial score (nSPS) is 11.5. The highest BCUT2D eigenvalue weighted by Crippen LogP contribution is 2.40. The van der Waals surface area contributed by atoms with E-state index in [2.05, 4.69) is 126 Å². The summed E-state index contributed by atoms with van der Waals surface area (Å²) in [6, 6.07) is 57.4. The summed E-state index contributed by atoms with van der Waals surface area (Å²) in [5.74, 6) is 1.93. The maximum absolute atomic E-state index is 5.08. The van der Waals surface area contributed by atoms with Gasteiger partial charge in [-0.25, -0.2) is 15.0 Å². The van der Waals surface area contributed by atoms with Gasteiger partial charge in [0.25, 0.3) is 0 Å². The molecular weight excluding hydrogens is 641 g/mol. The van der Waals surface area contributed by atoms with E-state index in [-0.39, 0.29) is 0 Å². The molecule has 0 unspecified atom stereocenters. The molecule has 0 bridgehead atoms. The molecule has 0 radical (unpaired) electrons. The predicted molar refractivity (Wildman–Crippen MR) is 213 cm³/mol. The lowest BCUT2D eigenvalue weighted by molar-refractivity contribution is 1.07. The second kappa shape index (κ2) is 12.1. The van der Waals surface area contributed by atoms with Gasteiger partial charge in [0.1, 0.15) is 0 Å². The maximum atomic E-state index is 5.08. The van der Waals surface area contributed by atoms with Crippen molar-refractivity contribution in [2.75, 3.05) is 0 Å². The van der Waals surface area contributed by atoms with Crippen molar-refractivity contribution < 1.29 is 0 Å². The average Bonchev–Trinajstić information content (AvgIpc) is 3.60. The summed E-state index contributed by atoms with van der Waals surface area (Å²) in [5, 5.41) is 6.00. The summed E-state index contributed by atoms with van der Waals surface area (Å²) < 4.78 is 2.49. The Morgan fingerprint density at radius 1 is 0.373 bits per heavy atom. The minimum absolute atomic E-state index is 0.641. The van der Waals surface area contributed by atoms with Crippen LogP contribution in [-0.2, 0) is 0 Å². The van der Waals surface area contributed by atoms with Crippen molar-refractivity contribution in [1.29, 1.82) is 0 Å². The third-order valence-corrected chi connectivity index (χ3v) is 10.7. The fourth-order valence-electron chi connectivity index (χ4n) is 7.03. The number of hydrogen-bond donors (Lipinski definition) is 0. The van der Waals surface area contributed by atoms with Gasteiger partial charge in [-0.3, -0.25) is 4.98 Å². The Labute approximate surface area is 298 Å². The molecule has 5 heteroatoms. The Morgan fingerprint density at radius 3 is 1.84 bits per heavy atom. The topological polar surface area (TPSA) is 51.6 Å². The van der Waals surface area contributed by atoms with Crippen LogP contribution in [0.3, 0.4) is 0 Å². The first-order chi connectivity index (χ1) is 25.2. The monoisotopic (exact) mass is 668 g/mol. The molecule has 51 heavy (non-hydrogen) atoms. The molecule has 7 aromatic carbocycles. The number of nitrogens with zero attached hydrogens (tertiary/aromatic N) is 4. The van der Waals surface area contributed by atoms with Gasteiger partial charge in [-0.05, 0) is 68.7 Å². The van der Waals surface area contributed by atoms with Gasteiger partial charge in [0.05, 0.1) is 10.2 Å². The van der Waals surface area contributed by atoms with Crippen LogP contribution in [0.4, 0.5) is 0 Å². The van der Waals surface area contributed by atoms with Gasteiger partial charge in [-0.15, -0.1) is 11.3 Å². The van der Waals surface area contributed by atoms with Crippen LogP contribution in [0.15, 0.2) is 170 Å². The van der Waals surface area contributed by atoms with Gasteiger partial charge >= 0.3 is 0 Å². The summed E-state index contributed by atoms with van der Waals surface area (Å²) >= 11 is 1.82. The van der Waals surface area contributed by atoms with Crippen LogP contribution in [0.5, 0.6) is 0 Å². The minimum atomic E-state index is 0.641. The minimum Gasteiger partial charge on any atom is -0.255 e. The highest BCUT2D eigenvalue weighted by Gasteiger charge is 2.15. The van der Waals surface area contributed by atoms with Crippen molar-refractivity contribution in [2.24, 2.45) is 0 Å². The molecule has 0 N–H and O–H groups in total. The summed E-state index contributed by atoms with van der Waals surface area (Å²) in [4.78, 5) is 19.8. The zero-order valence-electron chi connectivity index (χ0n) is 27.4. The zero-order valence-corrected chi connectivity index (χ0v) is 28.2. The highest BCUT2D eigenvalue weighted by atomic mass is 32.1. The molecule has 3 heterocycles. The predicted octanol–water partition coefficient (Wildman–Crippen LogP) is 12.3. The number of pyridine rings is 1. The number of aromatic nitrogens is 4. The number of benzene rings is 7. The molecule has 0 aliphatic carbocycles. The van der Waals surface area contributed by atoms with E-state index in [1.807, 2.05) is 60.0 Å². The maximum Gasteiger partial charge on any atom is 0.164 e. The lowest BCUT2D eigenvalue weighted by Crippen LogP contribution is -2.00. The fourth-order valence-corrected chi connectivity index (χ4v) is 8.22. The molecule has 3 aromatic heterocycles. The summed E-state index contributed by atoms with van der Waals surface area (Å²) in [6.07, 6.45) is 1.88. The van der Waals surface area contributed by atoms with Gasteiger partial charge in [-0.1, -0.05) is 133 Å². The quantitative estimate of drug-likeness (QED) is 0.183. The lowest BCUT2D eigenvalue weighted by atomic mass is 9.95. The molecule has 0 amide bonds. The molecule has 0 spiro atoms. The molecule has 0 aliphatic heterocycles. The van der Waals surface area contributed by atoms with Crippen molar-refractivity contribution in [3.63, 3.8) is 0 Å². The molecular formula is C46H28N4S. The van der Waals surface area contributed by atoms with Gasteiger partial charge in [0.2, 0.25) is 0 Å². The average molecular weight is 669 g/mol. The summed E-state index contributed by atoms with van der Waals surface area (Å²) in [7, 11) is 0. The third-order valence-electron chi connectivity index (χ3n) is 9.55. The van der Waals surface area contributed by atoms with Gasteiger partial charge < -0.3 is 0 Å². The molecule has 0 aliphatic rings. The van der Waals surface area contributed by atoms with Gasteiger partial charge in [0, 0.05) is 38.4 Å². The van der Waals surface area contributed by atoms with Crippen LogP contribution in [-0.4, -0.2) is 19.9 Å². The second-order valence-corrected chi connectivity index (χ2v) is 13.7. The number of fused-ring (bicyclic) bond motifs is 6. The molecule has 0 atom stereocenters. The van der Waals surface area contributed by atoms with Crippen molar-refractivity contribution in [3.8, 4) is 56.4 Å². The molecule has 0 fully saturated rings. The largest absolute Gasteiger partial charge is 0.255 e. The van der Waals surface area contributed by atoms with E-state index >= 15 is 0 Å². The van der Waals surface area contributed by atoms with Crippen molar-refractivity contribution in [1.82, 2.24) is 19.9 Å². The molecule has 10 rings (SSSR count). The van der Waals surface area contributed by atoms with Gasteiger partial charge in [0.15, 0.2) is 17.5 Å². The first-order valence-electron chi connectivity index (χ1n) is 17.0. The Balaban J connectivity index is 1.09. The second-order valence-electron chi connectivity index (χ2n) is 12.7. The Kier molecular flexibility index (Phi) is 6.96. The van der Waals surface area contributed by atoms with Crippen molar-refractivity contribution in [2.45, 2.75) is 0 Å². The molecule has 0 saturated heterocycles. The van der Waals surface area contributed by atoms with Crippen LogP contribution in [0.2, 0.25) is 0 Å². The fraction of sp³-hybridized carbons (Fsp3) is 0.